The molecule has 45 heavy (non-hydrogen) atoms. The minimum atomic E-state index is -3.02. The van der Waals surface area contributed by atoms with Gasteiger partial charge in [0.2, 0.25) is 5.91 Å². The monoisotopic (exact) mass is 661 g/mol. The number of amides is 1. The van der Waals surface area contributed by atoms with E-state index in [4.69, 9.17) is 23.7 Å². The lowest BCUT2D eigenvalue weighted by molar-refractivity contribution is -0.377. The molecule has 0 radical (unpaired) electrons. The van der Waals surface area contributed by atoms with Crippen molar-refractivity contribution in [3.63, 3.8) is 0 Å². The highest BCUT2D eigenvalue weighted by Crippen LogP contribution is 2.40. The fourth-order valence-corrected chi connectivity index (χ4v) is 5.31. The van der Waals surface area contributed by atoms with E-state index in [1.807, 2.05) is 0 Å². The standard InChI is InChI=1S/C24H39NO20/c1-7(28)25-13-17(35)15(33)12(42-20(13)36)6-41-23(21(37)38)3-11(16(34)19(44-23)10(31)5-27)43-24(22(39)40)2-8(29)14(32)18(45-24)9(30)4-26/h8-20,26-27,29-36H,2-6H2,1H3,(H,25,28)(H,37,38)(H,39,40)/t8-,9-,10-,11-,12-,13-,14-,15-,16-,17-,18-,19-,20-,23-,24-/m1/s1. The molecule has 21 nitrogen and oxygen atoms in total. The van der Waals surface area contributed by atoms with Gasteiger partial charge in [-0.05, 0) is 0 Å². The second kappa shape index (κ2) is 14.7. The van der Waals surface area contributed by atoms with Gasteiger partial charge in [0.25, 0.3) is 11.6 Å². The van der Waals surface area contributed by atoms with Crippen molar-refractivity contribution in [2.24, 2.45) is 0 Å². The third-order valence-electron chi connectivity index (χ3n) is 7.75. The number of carbonyl (C=O) groups is 3. The largest absolute Gasteiger partial charge is 0.477 e. The number of aliphatic hydroxyl groups is 10. The van der Waals surface area contributed by atoms with Gasteiger partial charge in [-0.3, -0.25) is 4.79 Å². The van der Waals surface area contributed by atoms with Gasteiger partial charge in [0.1, 0.15) is 61.0 Å². The quantitative estimate of drug-likeness (QED) is 0.0923. The number of carboxylic acid groups (broad SMARTS) is 2. The van der Waals surface area contributed by atoms with Crippen molar-refractivity contribution in [3.8, 4) is 0 Å². The van der Waals surface area contributed by atoms with Crippen molar-refractivity contribution in [1.29, 1.82) is 0 Å². The first-order chi connectivity index (χ1) is 20.9. The van der Waals surface area contributed by atoms with E-state index in [0.29, 0.717) is 0 Å². The fourth-order valence-electron chi connectivity index (χ4n) is 5.31. The Hall–Kier alpha value is -2.19. The van der Waals surface area contributed by atoms with Gasteiger partial charge in [-0.25, -0.2) is 9.59 Å². The van der Waals surface area contributed by atoms with E-state index in [1.165, 1.54) is 0 Å². The van der Waals surface area contributed by atoms with Crippen molar-refractivity contribution >= 4 is 17.8 Å². The van der Waals surface area contributed by atoms with Crippen molar-refractivity contribution in [3.05, 3.63) is 0 Å². The average Bonchev–Trinajstić information content (AvgIpc) is 2.98. The summed E-state index contributed by atoms with van der Waals surface area (Å²) in [6, 6.07) is -1.49. The molecule has 13 N–H and O–H groups in total. The van der Waals surface area contributed by atoms with E-state index in [2.05, 4.69) is 5.32 Å². The molecule has 260 valence electrons. The molecule has 0 unspecified atom stereocenters. The lowest BCUT2D eigenvalue weighted by atomic mass is 9.90. The van der Waals surface area contributed by atoms with Gasteiger partial charge in [-0.15, -0.1) is 0 Å². The molecular formula is C24H39NO20. The molecule has 0 aromatic rings. The van der Waals surface area contributed by atoms with E-state index in [0.717, 1.165) is 6.92 Å². The minimum Gasteiger partial charge on any atom is -0.477 e. The highest BCUT2D eigenvalue weighted by molar-refractivity contribution is 5.77. The van der Waals surface area contributed by atoms with Crippen LogP contribution in [-0.2, 0) is 38.1 Å². The molecule has 0 bridgehead atoms. The van der Waals surface area contributed by atoms with Gasteiger partial charge in [0, 0.05) is 19.8 Å². The van der Waals surface area contributed by atoms with Crippen molar-refractivity contribution in [1.82, 2.24) is 5.32 Å². The number of hydrogen-bond donors (Lipinski definition) is 13. The number of carbonyl (C=O) groups excluding carboxylic acids is 1. The molecule has 3 heterocycles. The molecular weight excluding hydrogens is 622 g/mol. The molecule has 3 aliphatic rings. The third-order valence-corrected chi connectivity index (χ3v) is 7.75. The predicted molar refractivity (Wildman–Crippen MR) is 135 cm³/mol. The van der Waals surface area contributed by atoms with Gasteiger partial charge >= 0.3 is 11.9 Å². The molecule has 21 heteroatoms. The van der Waals surface area contributed by atoms with Crippen molar-refractivity contribution in [2.75, 3.05) is 19.8 Å². The van der Waals surface area contributed by atoms with E-state index < -0.39 is 142 Å². The topological polar surface area (TPSA) is 352 Å². The van der Waals surface area contributed by atoms with E-state index in [9.17, 15) is 75.7 Å². The van der Waals surface area contributed by atoms with Gasteiger partial charge in [-0.2, -0.15) is 0 Å². The zero-order chi connectivity index (χ0) is 34.0. The summed E-state index contributed by atoms with van der Waals surface area (Å²) in [5.41, 5.74) is 0. The molecule has 15 atom stereocenters. The molecule has 0 saturated carbocycles. The van der Waals surface area contributed by atoms with Crippen LogP contribution in [0.1, 0.15) is 19.8 Å². The average molecular weight is 662 g/mol. The number of nitrogens with one attached hydrogen (secondary N) is 1. The summed E-state index contributed by atoms with van der Waals surface area (Å²) in [6.45, 7) is -2.12. The maximum atomic E-state index is 12.6. The first-order valence-corrected chi connectivity index (χ1v) is 13.7. The SMILES string of the molecule is CC(=O)N[C@@H]1[C@@H](O)[C@H](O)[C@@H](CO[C@]2(C(=O)O)C[C@@H](O[C@]3(C(=O)O)C[C@@H](O)[C@@H](O)[C@@H]([C@H](O)CO)O3)[C@@H](O)[C@@H]([C@H](O)CO)O2)O[C@H]1O. The highest BCUT2D eigenvalue weighted by Gasteiger charge is 2.61. The smallest absolute Gasteiger partial charge is 0.364 e. The lowest BCUT2D eigenvalue weighted by Gasteiger charge is -2.50. The Morgan fingerprint density at radius 2 is 1.36 bits per heavy atom. The maximum absolute atomic E-state index is 12.6. The number of aliphatic carboxylic acids is 2. The Labute approximate surface area is 253 Å². The zero-order valence-corrected chi connectivity index (χ0v) is 23.7. The Bertz CT molecular complexity index is 1050. The van der Waals surface area contributed by atoms with Crippen LogP contribution >= 0.6 is 0 Å². The first kappa shape index (κ1) is 37.3. The van der Waals surface area contributed by atoms with Gasteiger partial charge < -0.3 is 90.3 Å². The summed E-state index contributed by atoms with van der Waals surface area (Å²) in [6.07, 6.45) is -25.6. The summed E-state index contributed by atoms with van der Waals surface area (Å²) >= 11 is 0. The fraction of sp³-hybridized carbons (Fsp3) is 0.875. The summed E-state index contributed by atoms with van der Waals surface area (Å²) in [5, 5.41) is 124. The van der Waals surface area contributed by atoms with Crippen LogP contribution in [0.2, 0.25) is 0 Å². The van der Waals surface area contributed by atoms with Crippen molar-refractivity contribution < 1.29 is 99.3 Å². The van der Waals surface area contributed by atoms with Crippen LogP contribution in [0.25, 0.3) is 0 Å². The number of ether oxygens (including phenoxy) is 5. The molecule has 1 amide bonds. The Balaban J connectivity index is 1.93. The molecule has 3 fully saturated rings. The number of carboxylic acids is 2. The Kier molecular flexibility index (Phi) is 12.2. The third kappa shape index (κ3) is 7.69. The molecule has 3 saturated heterocycles. The van der Waals surface area contributed by atoms with E-state index in [1.54, 1.807) is 0 Å². The van der Waals surface area contributed by atoms with E-state index >= 15 is 0 Å². The normalized spacial score (nSPS) is 43.7. The number of rotatable bonds is 12. The second-order valence-corrected chi connectivity index (χ2v) is 11.0. The first-order valence-electron chi connectivity index (χ1n) is 13.7. The zero-order valence-electron chi connectivity index (χ0n) is 23.7. The number of hydrogen-bond acceptors (Lipinski definition) is 18. The maximum Gasteiger partial charge on any atom is 0.364 e. The lowest BCUT2D eigenvalue weighted by Crippen LogP contribution is -2.68. The van der Waals surface area contributed by atoms with Crippen LogP contribution in [0.5, 0.6) is 0 Å². The van der Waals surface area contributed by atoms with Gasteiger partial charge in [0.15, 0.2) is 6.29 Å². The van der Waals surface area contributed by atoms with Crippen molar-refractivity contribution in [2.45, 2.75) is 111 Å². The van der Waals surface area contributed by atoms with Crippen LogP contribution in [0, 0.1) is 0 Å². The minimum absolute atomic E-state index is 0.692. The molecule has 0 aromatic carbocycles. The Morgan fingerprint density at radius 1 is 0.822 bits per heavy atom. The Morgan fingerprint density at radius 3 is 1.87 bits per heavy atom. The summed E-state index contributed by atoms with van der Waals surface area (Å²) in [7, 11) is 0. The van der Waals surface area contributed by atoms with E-state index in [-0.39, 0.29) is 0 Å². The molecule has 0 aromatic heterocycles. The van der Waals surface area contributed by atoms with Crippen LogP contribution in [0.4, 0.5) is 0 Å². The predicted octanol–water partition coefficient (Wildman–Crippen LogP) is -7.74. The van der Waals surface area contributed by atoms with Crippen LogP contribution in [-0.4, -0.2) is 190 Å². The second-order valence-electron chi connectivity index (χ2n) is 11.0. The summed E-state index contributed by atoms with van der Waals surface area (Å²) in [4.78, 5) is 36.3. The van der Waals surface area contributed by atoms with Crippen LogP contribution in [0.15, 0.2) is 0 Å². The van der Waals surface area contributed by atoms with Gasteiger partial charge in [0.05, 0.1) is 32.0 Å². The summed E-state index contributed by atoms with van der Waals surface area (Å²) in [5.74, 6) is -10.7. The molecule has 3 rings (SSSR count). The molecule has 0 spiro atoms. The highest BCUT2D eigenvalue weighted by atomic mass is 16.8. The van der Waals surface area contributed by atoms with Crippen LogP contribution < -0.4 is 5.32 Å². The number of aliphatic hydroxyl groups excluding tert-OH is 10. The molecule has 0 aliphatic carbocycles. The molecule has 3 aliphatic heterocycles. The van der Waals surface area contributed by atoms with Crippen LogP contribution in [0.3, 0.4) is 0 Å². The van der Waals surface area contributed by atoms with Gasteiger partial charge in [-0.1, -0.05) is 0 Å². The summed E-state index contributed by atoms with van der Waals surface area (Å²) < 4.78 is 26.7.